The number of aliphatic imine (C=N–C) groups is 1. The number of piperidine rings is 1. The summed E-state index contributed by atoms with van der Waals surface area (Å²) in [6, 6.07) is 5.90. The van der Waals surface area contributed by atoms with Gasteiger partial charge in [-0.2, -0.15) is 4.99 Å². The number of hydrogen-bond donors (Lipinski definition) is 1. The van der Waals surface area contributed by atoms with Gasteiger partial charge in [0.25, 0.3) is 5.91 Å². The van der Waals surface area contributed by atoms with E-state index in [2.05, 4.69) is 15.2 Å². The third kappa shape index (κ3) is 3.98. The van der Waals surface area contributed by atoms with Gasteiger partial charge in [0.15, 0.2) is 5.17 Å². The zero-order chi connectivity index (χ0) is 17.1. The van der Waals surface area contributed by atoms with E-state index in [1.54, 1.807) is 0 Å². The monoisotopic (exact) mass is 345 g/mol. The average molecular weight is 345 g/mol. The minimum atomic E-state index is -0.396. The third-order valence-corrected chi connectivity index (χ3v) is 5.60. The predicted molar refractivity (Wildman–Crippen MR) is 98.4 cm³/mol. The fourth-order valence-electron chi connectivity index (χ4n) is 3.05. The molecule has 0 unspecified atom stereocenters. The fraction of sp³-hybridized carbons (Fsp3) is 0.500. The van der Waals surface area contributed by atoms with Gasteiger partial charge in [-0.25, -0.2) is 0 Å². The first kappa shape index (κ1) is 17.0. The summed E-state index contributed by atoms with van der Waals surface area (Å²) in [6.45, 7) is 5.91. The van der Waals surface area contributed by atoms with Crippen molar-refractivity contribution >= 4 is 34.4 Å². The number of carbonyl (C=O) groups is 2. The van der Waals surface area contributed by atoms with E-state index in [1.807, 2.05) is 32.0 Å². The van der Waals surface area contributed by atoms with Crippen LogP contribution < -0.4 is 5.32 Å². The van der Waals surface area contributed by atoms with Crippen LogP contribution in [-0.2, 0) is 9.59 Å². The van der Waals surface area contributed by atoms with Crippen LogP contribution in [0.4, 0.5) is 5.69 Å². The number of aryl methyl sites for hydroxylation is 2. The minimum Gasteiger partial charge on any atom is -0.351 e. The minimum absolute atomic E-state index is 0.136. The molecule has 0 radical (unpaired) electrons. The zero-order valence-corrected chi connectivity index (χ0v) is 15.0. The van der Waals surface area contributed by atoms with Gasteiger partial charge < -0.3 is 10.2 Å². The first-order chi connectivity index (χ1) is 11.5. The number of carbonyl (C=O) groups excluding carboxylic acids is 2. The largest absolute Gasteiger partial charge is 0.351 e. The molecule has 1 aromatic carbocycles. The third-order valence-electron chi connectivity index (χ3n) is 4.38. The summed E-state index contributed by atoms with van der Waals surface area (Å²) in [5.41, 5.74) is 2.99. The van der Waals surface area contributed by atoms with Crippen LogP contribution in [0.5, 0.6) is 0 Å². The van der Waals surface area contributed by atoms with Crippen LogP contribution in [0.2, 0.25) is 0 Å². The smallest absolute Gasteiger partial charge is 0.262 e. The van der Waals surface area contributed by atoms with Gasteiger partial charge in [0, 0.05) is 25.2 Å². The summed E-state index contributed by atoms with van der Waals surface area (Å²) in [5, 5.41) is 3.31. The van der Waals surface area contributed by atoms with Crippen LogP contribution in [0, 0.1) is 13.8 Å². The van der Waals surface area contributed by atoms with E-state index in [-0.39, 0.29) is 18.2 Å². The number of anilines is 1. The van der Waals surface area contributed by atoms with Gasteiger partial charge in [0.05, 0.1) is 0 Å². The molecule has 1 atom stereocenters. The summed E-state index contributed by atoms with van der Waals surface area (Å²) < 4.78 is 0. The number of amidine groups is 1. The molecule has 128 valence electrons. The topological polar surface area (TPSA) is 61.8 Å². The average Bonchev–Trinajstić information content (AvgIpc) is 2.92. The Morgan fingerprint density at radius 3 is 2.75 bits per heavy atom. The second kappa shape index (κ2) is 7.38. The highest BCUT2D eigenvalue weighted by molar-refractivity contribution is 8.15. The molecule has 24 heavy (non-hydrogen) atoms. The van der Waals surface area contributed by atoms with Crippen molar-refractivity contribution in [2.75, 3.05) is 18.4 Å². The molecule has 0 spiro atoms. The quantitative estimate of drug-likeness (QED) is 0.914. The van der Waals surface area contributed by atoms with E-state index in [0.717, 1.165) is 47.9 Å². The molecule has 0 saturated carbocycles. The number of amides is 2. The summed E-state index contributed by atoms with van der Waals surface area (Å²) in [7, 11) is 0. The first-order valence-corrected chi connectivity index (χ1v) is 9.32. The molecule has 1 aromatic rings. The zero-order valence-electron chi connectivity index (χ0n) is 14.2. The molecular weight excluding hydrogens is 322 g/mol. The number of likely N-dealkylation sites (tertiary alicyclic amines) is 1. The van der Waals surface area contributed by atoms with Gasteiger partial charge >= 0.3 is 0 Å². The van der Waals surface area contributed by atoms with Crippen LogP contribution in [0.25, 0.3) is 0 Å². The summed E-state index contributed by atoms with van der Waals surface area (Å²) in [5.74, 6) is -0.320. The Balaban J connectivity index is 1.56. The van der Waals surface area contributed by atoms with Gasteiger partial charge in [0.1, 0.15) is 5.25 Å². The van der Waals surface area contributed by atoms with E-state index >= 15 is 0 Å². The van der Waals surface area contributed by atoms with Crippen molar-refractivity contribution in [1.29, 1.82) is 0 Å². The standard InChI is InChI=1S/C18H23N3O2S/c1-12-6-7-14(13(2)10-12)19-16(22)11-15-17(23)20-18(24-15)21-8-4-3-5-9-21/h6-7,10,15H,3-5,8-9,11H2,1-2H3,(H,19,22)/t15-/m0/s1. The van der Waals surface area contributed by atoms with Crippen molar-refractivity contribution in [2.45, 2.75) is 44.8 Å². The van der Waals surface area contributed by atoms with Crippen LogP contribution in [-0.4, -0.2) is 40.2 Å². The maximum absolute atomic E-state index is 12.3. The highest BCUT2D eigenvalue weighted by Gasteiger charge is 2.33. The van der Waals surface area contributed by atoms with E-state index in [9.17, 15) is 9.59 Å². The molecule has 1 fully saturated rings. The number of benzene rings is 1. The Morgan fingerprint density at radius 1 is 1.29 bits per heavy atom. The van der Waals surface area contributed by atoms with Crippen molar-refractivity contribution in [1.82, 2.24) is 4.90 Å². The predicted octanol–water partition coefficient (Wildman–Crippen LogP) is 3.12. The SMILES string of the molecule is Cc1ccc(NC(=O)C[C@@H]2SC(N3CCCCC3)=NC2=O)c(C)c1. The normalized spacial score (nSPS) is 20.9. The molecular formula is C18H23N3O2S. The summed E-state index contributed by atoms with van der Waals surface area (Å²) >= 11 is 1.44. The van der Waals surface area contributed by atoms with Gasteiger partial charge in [-0.3, -0.25) is 9.59 Å². The Labute approximate surface area is 146 Å². The molecule has 0 aromatic heterocycles. The van der Waals surface area contributed by atoms with Gasteiger partial charge in [-0.05, 0) is 44.7 Å². The molecule has 2 aliphatic heterocycles. The molecule has 5 nitrogen and oxygen atoms in total. The second-order valence-corrected chi connectivity index (χ2v) is 7.63. The molecule has 1 N–H and O–H groups in total. The Hall–Kier alpha value is -1.82. The van der Waals surface area contributed by atoms with Gasteiger partial charge in [-0.1, -0.05) is 29.5 Å². The number of thioether (sulfide) groups is 1. The lowest BCUT2D eigenvalue weighted by atomic mass is 10.1. The maximum Gasteiger partial charge on any atom is 0.262 e. The summed E-state index contributed by atoms with van der Waals surface area (Å²) in [6.07, 6.45) is 3.69. The second-order valence-electron chi connectivity index (χ2n) is 6.46. The van der Waals surface area contributed by atoms with E-state index in [4.69, 9.17) is 0 Å². The van der Waals surface area contributed by atoms with Crippen molar-refractivity contribution < 1.29 is 9.59 Å². The number of nitrogens with one attached hydrogen (secondary N) is 1. The Morgan fingerprint density at radius 2 is 2.04 bits per heavy atom. The highest BCUT2D eigenvalue weighted by atomic mass is 32.2. The van der Waals surface area contributed by atoms with E-state index < -0.39 is 5.25 Å². The maximum atomic E-state index is 12.3. The van der Waals surface area contributed by atoms with E-state index in [1.165, 1.54) is 18.2 Å². The van der Waals surface area contributed by atoms with Crippen LogP contribution in [0.1, 0.15) is 36.8 Å². The molecule has 2 amide bonds. The van der Waals surface area contributed by atoms with Crippen LogP contribution >= 0.6 is 11.8 Å². The van der Waals surface area contributed by atoms with Gasteiger partial charge in [0.2, 0.25) is 5.91 Å². The summed E-state index contributed by atoms with van der Waals surface area (Å²) in [4.78, 5) is 30.7. The molecule has 2 aliphatic rings. The van der Waals surface area contributed by atoms with Gasteiger partial charge in [-0.15, -0.1) is 0 Å². The Bertz CT molecular complexity index is 681. The molecule has 3 rings (SSSR count). The lowest BCUT2D eigenvalue weighted by Gasteiger charge is -2.27. The lowest BCUT2D eigenvalue weighted by Crippen LogP contribution is -2.33. The Kier molecular flexibility index (Phi) is 5.23. The number of rotatable bonds is 3. The van der Waals surface area contributed by atoms with Crippen LogP contribution in [0.3, 0.4) is 0 Å². The van der Waals surface area contributed by atoms with E-state index in [0.29, 0.717) is 0 Å². The van der Waals surface area contributed by atoms with Crippen molar-refractivity contribution in [3.8, 4) is 0 Å². The van der Waals surface area contributed by atoms with Crippen LogP contribution in [0.15, 0.2) is 23.2 Å². The number of nitrogens with zero attached hydrogens (tertiary/aromatic N) is 2. The molecule has 1 saturated heterocycles. The first-order valence-electron chi connectivity index (χ1n) is 8.44. The lowest BCUT2D eigenvalue weighted by molar-refractivity contribution is -0.121. The fourth-order valence-corrected chi connectivity index (χ4v) is 4.17. The number of hydrogen-bond acceptors (Lipinski definition) is 4. The van der Waals surface area contributed by atoms with Crippen molar-refractivity contribution in [2.24, 2.45) is 4.99 Å². The molecule has 0 bridgehead atoms. The molecule has 6 heteroatoms. The molecule has 2 heterocycles. The van der Waals surface area contributed by atoms with Crippen molar-refractivity contribution in [3.05, 3.63) is 29.3 Å². The highest BCUT2D eigenvalue weighted by Crippen LogP contribution is 2.29. The van der Waals surface area contributed by atoms with Crippen molar-refractivity contribution in [3.63, 3.8) is 0 Å². The molecule has 0 aliphatic carbocycles.